The number of anilines is 1. The number of aryl methyl sites for hydroxylation is 2. The molecule has 0 bridgehead atoms. The highest BCUT2D eigenvalue weighted by Crippen LogP contribution is 2.17. The van der Waals surface area contributed by atoms with Crippen molar-refractivity contribution in [2.75, 3.05) is 5.32 Å². The van der Waals surface area contributed by atoms with Gasteiger partial charge in [-0.25, -0.2) is 4.98 Å². The molecule has 0 fully saturated rings. The number of aliphatic imine (C=N–C) groups is 1. The van der Waals surface area contributed by atoms with Crippen LogP contribution in [0.2, 0.25) is 0 Å². The van der Waals surface area contributed by atoms with E-state index in [9.17, 15) is 4.79 Å². The molecule has 6 heteroatoms. The van der Waals surface area contributed by atoms with Crippen molar-refractivity contribution >= 4 is 17.6 Å². The molecule has 0 radical (unpaired) electrons. The van der Waals surface area contributed by atoms with Crippen LogP contribution in [-0.2, 0) is 12.8 Å². The minimum atomic E-state index is -0.111. The van der Waals surface area contributed by atoms with E-state index >= 15 is 0 Å². The van der Waals surface area contributed by atoms with Gasteiger partial charge in [0.25, 0.3) is 5.56 Å². The zero-order valence-corrected chi connectivity index (χ0v) is 11.8. The number of aromatic amines is 1. The summed E-state index contributed by atoms with van der Waals surface area (Å²) in [5.74, 6) is 0.444. The summed E-state index contributed by atoms with van der Waals surface area (Å²) in [7, 11) is 0. The number of H-pyrrole nitrogens is 1. The molecule has 0 spiro atoms. The molecule has 1 heterocycles. The zero-order chi connectivity index (χ0) is 14.8. The lowest BCUT2D eigenvalue weighted by atomic mass is 10.2. The fourth-order valence-electron chi connectivity index (χ4n) is 2.49. The zero-order valence-electron chi connectivity index (χ0n) is 11.8. The van der Waals surface area contributed by atoms with Crippen LogP contribution in [0.25, 0.3) is 0 Å². The highest BCUT2D eigenvalue weighted by Gasteiger charge is 2.16. The predicted octanol–water partition coefficient (Wildman–Crippen LogP) is 1.63. The van der Waals surface area contributed by atoms with E-state index in [4.69, 9.17) is 5.73 Å². The first-order valence-electron chi connectivity index (χ1n) is 6.92. The Hall–Kier alpha value is -2.63. The molecule has 4 N–H and O–H groups in total. The molecule has 0 amide bonds. The second kappa shape index (κ2) is 5.40. The summed E-state index contributed by atoms with van der Waals surface area (Å²) in [6, 6.07) is 7.79. The van der Waals surface area contributed by atoms with Crippen LogP contribution in [0.4, 0.5) is 11.6 Å². The van der Waals surface area contributed by atoms with Gasteiger partial charge in [-0.15, -0.1) is 0 Å². The van der Waals surface area contributed by atoms with Gasteiger partial charge in [-0.2, -0.15) is 4.99 Å². The van der Waals surface area contributed by atoms with E-state index in [1.807, 2.05) is 31.2 Å². The summed E-state index contributed by atoms with van der Waals surface area (Å²) in [5, 5.41) is 2.98. The number of guanidine groups is 1. The first kappa shape index (κ1) is 13.4. The molecule has 0 saturated carbocycles. The Labute approximate surface area is 122 Å². The fourth-order valence-corrected chi connectivity index (χ4v) is 2.49. The number of nitrogens with zero attached hydrogens (tertiary/aromatic N) is 2. The molecular weight excluding hydrogens is 266 g/mol. The Morgan fingerprint density at radius 2 is 2.29 bits per heavy atom. The molecule has 6 nitrogen and oxygen atoms in total. The number of rotatable bonds is 2. The third kappa shape index (κ3) is 2.94. The topological polar surface area (TPSA) is 96.2 Å². The lowest BCUT2D eigenvalue weighted by Gasteiger charge is -2.06. The van der Waals surface area contributed by atoms with Crippen molar-refractivity contribution in [3.63, 3.8) is 0 Å². The first-order valence-corrected chi connectivity index (χ1v) is 6.92. The van der Waals surface area contributed by atoms with Gasteiger partial charge in [0.15, 0.2) is 0 Å². The van der Waals surface area contributed by atoms with Gasteiger partial charge in [0, 0.05) is 11.3 Å². The summed E-state index contributed by atoms with van der Waals surface area (Å²) in [6.07, 6.45) is 2.58. The van der Waals surface area contributed by atoms with Gasteiger partial charge >= 0.3 is 0 Å². The average molecular weight is 283 g/mol. The maximum Gasteiger partial charge on any atom is 0.255 e. The van der Waals surface area contributed by atoms with Crippen LogP contribution in [0.1, 0.15) is 23.2 Å². The minimum absolute atomic E-state index is 0.111. The summed E-state index contributed by atoms with van der Waals surface area (Å²) >= 11 is 0. The molecule has 0 atom stereocenters. The van der Waals surface area contributed by atoms with E-state index in [0.717, 1.165) is 41.8 Å². The van der Waals surface area contributed by atoms with Crippen molar-refractivity contribution in [2.24, 2.45) is 10.7 Å². The van der Waals surface area contributed by atoms with Crippen molar-refractivity contribution in [2.45, 2.75) is 26.2 Å². The van der Waals surface area contributed by atoms with Crippen LogP contribution in [0, 0.1) is 6.92 Å². The molecule has 1 aromatic heterocycles. The number of hydrogen-bond donors (Lipinski definition) is 3. The smallest absolute Gasteiger partial charge is 0.255 e. The van der Waals surface area contributed by atoms with Gasteiger partial charge in [0.05, 0.1) is 5.69 Å². The molecule has 1 aliphatic carbocycles. The van der Waals surface area contributed by atoms with E-state index in [0.29, 0.717) is 0 Å². The normalized spacial score (nSPS) is 14.0. The van der Waals surface area contributed by atoms with Crippen LogP contribution in [-0.4, -0.2) is 15.9 Å². The van der Waals surface area contributed by atoms with E-state index in [-0.39, 0.29) is 17.5 Å². The molecule has 0 saturated heterocycles. The van der Waals surface area contributed by atoms with E-state index in [2.05, 4.69) is 20.3 Å². The number of nitrogens with one attached hydrogen (secondary N) is 2. The second-order valence-electron chi connectivity index (χ2n) is 5.16. The third-order valence-electron chi connectivity index (χ3n) is 3.45. The minimum Gasteiger partial charge on any atom is -0.369 e. The fraction of sp³-hybridized carbons (Fsp3) is 0.267. The van der Waals surface area contributed by atoms with Crippen molar-refractivity contribution in [3.8, 4) is 0 Å². The van der Waals surface area contributed by atoms with Crippen LogP contribution in [0.3, 0.4) is 0 Å². The van der Waals surface area contributed by atoms with Crippen LogP contribution >= 0.6 is 0 Å². The quantitative estimate of drug-likeness (QED) is 0.576. The van der Waals surface area contributed by atoms with Crippen LogP contribution < -0.4 is 16.6 Å². The molecule has 1 aliphatic rings. The number of aromatic nitrogens is 2. The summed E-state index contributed by atoms with van der Waals surface area (Å²) in [5.41, 5.74) is 9.33. The molecular formula is C15H17N5O. The summed E-state index contributed by atoms with van der Waals surface area (Å²) < 4.78 is 0. The van der Waals surface area contributed by atoms with Gasteiger partial charge in [0.1, 0.15) is 0 Å². The van der Waals surface area contributed by atoms with Crippen molar-refractivity contribution in [1.82, 2.24) is 9.97 Å². The maximum atomic E-state index is 11.9. The van der Waals surface area contributed by atoms with Gasteiger partial charge in [-0.3, -0.25) is 9.78 Å². The van der Waals surface area contributed by atoms with Crippen molar-refractivity contribution < 1.29 is 0 Å². The third-order valence-corrected chi connectivity index (χ3v) is 3.45. The van der Waals surface area contributed by atoms with E-state index in [1.54, 1.807) is 0 Å². The predicted molar refractivity (Wildman–Crippen MR) is 83.0 cm³/mol. The lowest BCUT2D eigenvalue weighted by molar-refractivity contribution is 0.898. The van der Waals surface area contributed by atoms with Crippen LogP contribution in [0.5, 0.6) is 0 Å². The molecule has 1 aromatic carbocycles. The average Bonchev–Trinajstić information content (AvgIpc) is 2.87. The number of fused-ring (bicyclic) bond motifs is 1. The summed E-state index contributed by atoms with van der Waals surface area (Å²) in [4.78, 5) is 23.0. The largest absolute Gasteiger partial charge is 0.369 e. The van der Waals surface area contributed by atoms with Gasteiger partial charge in [0.2, 0.25) is 11.9 Å². The SMILES string of the molecule is Cc1cccc(N/C(N)=N/c2nc3c(c(=O)[nH]2)CCC3)c1. The Morgan fingerprint density at radius 1 is 1.43 bits per heavy atom. The lowest BCUT2D eigenvalue weighted by Crippen LogP contribution is -2.23. The Kier molecular flexibility index (Phi) is 3.43. The standard InChI is InChI=1S/C15H17N5O/c1-9-4-2-5-10(8-9)17-14(16)20-15-18-12-7-3-6-11(12)13(21)19-15/h2,4-5,8H,3,6-7H2,1H3,(H4,16,17,18,19,20,21). The Morgan fingerprint density at radius 3 is 3.10 bits per heavy atom. The van der Waals surface area contributed by atoms with Gasteiger partial charge < -0.3 is 11.1 Å². The van der Waals surface area contributed by atoms with Gasteiger partial charge in [-0.1, -0.05) is 12.1 Å². The molecule has 3 rings (SSSR count). The maximum absolute atomic E-state index is 11.9. The van der Waals surface area contributed by atoms with E-state index in [1.165, 1.54) is 0 Å². The highest BCUT2D eigenvalue weighted by molar-refractivity contribution is 5.93. The molecule has 0 unspecified atom stereocenters. The first-order chi connectivity index (χ1) is 10.1. The Bertz CT molecular complexity index is 763. The molecule has 2 aromatic rings. The van der Waals surface area contributed by atoms with Crippen LogP contribution in [0.15, 0.2) is 34.1 Å². The number of nitrogens with two attached hydrogens (primary N) is 1. The van der Waals surface area contributed by atoms with Crippen molar-refractivity contribution in [1.29, 1.82) is 0 Å². The summed E-state index contributed by atoms with van der Waals surface area (Å²) in [6.45, 7) is 2.00. The Balaban J connectivity index is 1.84. The molecule has 21 heavy (non-hydrogen) atoms. The van der Waals surface area contributed by atoms with Gasteiger partial charge in [-0.05, 0) is 43.9 Å². The number of hydrogen-bond acceptors (Lipinski definition) is 3. The van der Waals surface area contributed by atoms with E-state index < -0.39 is 0 Å². The number of benzene rings is 1. The monoisotopic (exact) mass is 283 g/mol. The van der Waals surface area contributed by atoms with Crippen molar-refractivity contribution in [3.05, 3.63) is 51.4 Å². The second-order valence-corrected chi connectivity index (χ2v) is 5.16. The highest BCUT2D eigenvalue weighted by atomic mass is 16.1. The molecule has 0 aliphatic heterocycles. The molecule has 108 valence electrons.